The van der Waals surface area contributed by atoms with E-state index in [0.717, 1.165) is 38.3 Å². The molecule has 0 N–H and O–H groups in total. The fraction of sp³-hybridized carbons (Fsp3) is 0.812. The van der Waals surface area contributed by atoms with E-state index < -0.39 is 0 Å². The standard InChI is InChI=1S/2C16H30O/c2*1-2-3-4-5-6-7-8-9-10-11-12-13-14-15-16-17/h2*7-8,16H,2-6,9-15H2,1H3/b2*8-7-. The Kier molecular flexibility index (Phi) is 37.4. The SMILES string of the molecule is CCCCCC/C=C\CCCCCCCC=O.CCCCCC/C=C\CCCCCCCC=O. The highest BCUT2D eigenvalue weighted by Crippen LogP contribution is 2.09. The molecule has 0 radical (unpaired) electrons. The van der Waals surface area contributed by atoms with Crippen LogP contribution in [0.1, 0.15) is 168 Å². The fourth-order valence-corrected chi connectivity index (χ4v) is 3.89. The lowest BCUT2D eigenvalue weighted by Crippen LogP contribution is -1.80. The molecule has 0 aromatic heterocycles. The Hall–Kier alpha value is -1.18. The quantitative estimate of drug-likeness (QED) is 0.0706. The lowest BCUT2D eigenvalue weighted by atomic mass is 10.1. The van der Waals surface area contributed by atoms with Crippen molar-refractivity contribution in [3.05, 3.63) is 24.3 Å². The van der Waals surface area contributed by atoms with Crippen LogP contribution < -0.4 is 0 Å². The van der Waals surface area contributed by atoms with Crippen molar-refractivity contribution in [1.82, 2.24) is 0 Å². The summed E-state index contributed by atoms with van der Waals surface area (Å²) in [5.74, 6) is 0. The summed E-state index contributed by atoms with van der Waals surface area (Å²) < 4.78 is 0. The topological polar surface area (TPSA) is 34.1 Å². The van der Waals surface area contributed by atoms with Crippen molar-refractivity contribution in [1.29, 1.82) is 0 Å². The van der Waals surface area contributed by atoms with Crippen molar-refractivity contribution in [2.24, 2.45) is 0 Å². The summed E-state index contributed by atoms with van der Waals surface area (Å²) in [6, 6.07) is 0. The Labute approximate surface area is 214 Å². The smallest absolute Gasteiger partial charge is 0.119 e. The van der Waals surface area contributed by atoms with Gasteiger partial charge in [0.1, 0.15) is 12.6 Å². The second-order valence-corrected chi connectivity index (χ2v) is 9.67. The molecule has 0 saturated heterocycles. The zero-order valence-corrected chi connectivity index (χ0v) is 23.3. The zero-order chi connectivity index (χ0) is 25.2. The first-order chi connectivity index (χ1) is 16.8. The lowest BCUT2D eigenvalue weighted by Gasteiger charge is -1.97. The van der Waals surface area contributed by atoms with E-state index in [2.05, 4.69) is 38.2 Å². The molecular formula is C32H60O2. The Morgan fingerprint density at radius 3 is 0.824 bits per heavy atom. The predicted molar refractivity (Wildman–Crippen MR) is 153 cm³/mol. The number of hydrogen-bond donors (Lipinski definition) is 0. The van der Waals surface area contributed by atoms with Gasteiger partial charge in [0.25, 0.3) is 0 Å². The maximum absolute atomic E-state index is 10.1. The summed E-state index contributed by atoms with van der Waals surface area (Å²) in [6.07, 6.45) is 41.3. The van der Waals surface area contributed by atoms with Gasteiger partial charge in [0, 0.05) is 12.8 Å². The normalized spacial score (nSPS) is 11.1. The highest BCUT2D eigenvalue weighted by molar-refractivity contribution is 5.49. The van der Waals surface area contributed by atoms with Crippen molar-refractivity contribution in [2.75, 3.05) is 0 Å². The van der Waals surface area contributed by atoms with Crippen LogP contribution in [0.5, 0.6) is 0 Å². The van der Waals surface area contributed by atoms with Gasteiger partial charge in [-0.1, -0.05) is 115 Å². The molecule has 2 nitrogen and oxygen atoms in total. The molecule has 0 aliphatic rings. The molecule has 0 spiro atoms. The van der Waals surface area contributed by atoms with Crippen LogP contribution in [-0.4, -0.2) is 12.6 Å². The van der Waals surface area contributed by atoms with Crippen LogP contribution in [0.2, 0.25) is 0 Å². The van der Waals surface area contributed by atoms with E-state index in [1.54, 1.807) is 0 Å². The van der Waals surface area contributed by atoms with Gasteiger partial charge in [-0.2, -0.15) is 0 Å². The third-order valence-electron chi connectivity index (χ3n) is 6.17. The molecule has 0 amide bonds. The fourth-order valence-electron chi connectivity index (χ4n) is 3.89. The van der Waals surface area contributed by atoms with Gasteiger partial charge in [0.05, 0.1) is 0 Å². The minimum Gasteiger partial charge on any atom is -0.303 e. The third-order valence-corrected chi connectivity index (χ3v) is 6.17. The van der Waals surface area contributed by atoms with Crippen LogP contribution in [0, 0.1) is 0 Å². The third kappa shape index (κ3) is 38.1. The number of carbonyl (C=O) groups excluding carboxylic acids is 2. The molecule has 0 saturated carbocycles. The van der Waals surface area contributed by atoms with Gasteiger partial charge in [-0.15, -0.1) is 0 Å². The predicted octanol–water partition coefficient (Wildman–Crippen LogP) is 10.9. The Balaban J connectivity index is 0. The Bertz CT molecular complexity index is 385. The minimum absolute atomic E-state index is 0.748. The van der Waals surface area contributed by atoms with Crippen LogP contribution in [0.25, 0.3) is 0 Å². The average molecular weight is 477 g/mol. The second-order valence-electron chi connectivity index (χ2n) is 9.67. The van der Waals surface area contributed by atoms with Gasteiger partial charge in [-0.05, 0) is 64.2 Å². The molecule has 0 aliphatic carbocycles. The Morgan fingerprint density at radius 1 is 0.324 bits per heavy atom. The maximum Gasteiger partial charge on any atom is 0.119 e. The van der Waals surface area contributed by atoms with Gasteiger partial charge < -0.3 is 9.59 Å². The molecule has 0 bridgehead atoms. The molecule has 0 aromatic rings. The van der Waals surface area contributed by atoms with Crippen molar-refractivity contribution >= 4 is 12.6 Å². The molecule has 0 unspecified atom stereocenters. The van der Waals surface area contributed by atoms with Crippen molar-refractivity contribution in [2.45, 2.75) is 168 Å². The van der Waals surface area contributed by atoms with Gasteiger partial charge in [0.2, 0.25) is 0 Å². The summed E-state index contributed by atoms with van der Waals surface area (Å²) >= 11 is 0. The van der Waals surface area contributed by atoms with Gasteiger partial charge in [0.15, 0.2) is 0 Å². The molecule has 0 aliphatic heterocycles. The number of carbonyl (C=O) groups is 2. The summed E-state index contributed by atoms with van der Waals surface area (Å²) in [5.41, 5.74) is 0. The monoisotopic (exact) mass is 476 g/mol. The maximum atomic E-state index is 10.1. The second kappa shape index (κ2) is 36.4. The van der Waals surface area contributed by atoms with Crippen LogP contribution >= 0.6 is 0 Å². The van der Waals surface area contributed by atoms with E-state index in [9.17, 15) is 9.59 Å². The first-order valence-electron chi connectivity index (χ1n) is 15.0. The van der Waals surface area contributed by atoms with Crippen molar-refractivity contribution in [3.63, 3.8) is 0 Å². The first kappa shape index (κ1) is 35.0. The summed E-state index contributed by atoms with van der Waals surface area (Å²) in [4.78, 5) is 20.2. The van der Waals surface area contributed by atoms with Gasteiger partial charge >= 0.3 is 0 Å². The van der Waals surface area contributed by atoms with Crippen molar-refractivity contribution in [3.8, 4) is 0 Å². The summed E-state index contributed by atoms with van der Waals surface area (Å²) in [5, 5.41) is 0. The minimum atomic E-state index is 0.748. The molecule has 200 valence electrons. The molecule has 0 heterocycles. The van der Waals surface area contributed by atoms with Crippen LogP contribution in [0.15, 0.2) is 24.3 Å². The van der Waals surface area contributed by atoms with E-state index in [1.807, 2.05) is 0 Å². The zero-order valence-electron chi connectivity index (χ0n) is 23.3. The molecule has 0 aromatic carbocycles. The molecule has 34 heavy (non-hydrogen) atoms. The highest BCUT2D eigenvalue weighted by atomic mass is 16.1. The molecule has 2 heteroatoms. The summed E-state index contributed by atoms with van der Waals surface area (Å²) in [6.45, 7) is 4.51. The molecule has 0 atom stereocenters. The molecular weight excluding hydrogens is 416 g/mol. The average Bonchev–Trinajstić information content (AvgIpc) is 2.85. The number of unbranched alkanes of at least 4 members (excludes halogenated alkanes) is 20. The van der Waals surface area contributed by atoms with Crippen LogP contribution in [0.3, 0.4) is 0 Å². The summed E-state index contributed by atoms with van der Waals surface area (Å²) in [7, 11) is 0. The largest absolute Gasteiger partial charge is 0.303 e. The molecule has 0 rings (SSSR count). The number of aldehydes is 2. The van der Waals surface area contributed by atoms with Crippen LogP contribution in [0.4, 0.5) is 0 Å². The Morgan fingerprint density at radius 2 is 0.559 bits per heavy atom. The molecule has 0 fully saturated rings. The number of hydrogen-bond acceptors (Lipinski definition) is 2. The number of allylic oxidation sites excluding steroid dienone is 4. The van der Waals surface area contributed by atoms with E-state index in [4.69, 9.17) is 0 Å². The van der Waals surface area contributed by atoms with E-state index in [-0.39, 0.29) is 0 Å². The lowest BCUT2D eigenvalue weighted by molar-refractivity contribution is -0.108. The van der Waals surface area contributed by atoms with Crippen molar-refractivity contribution < 1.29 is 9.59 Å². The van der Waals surface area contributed by atoms with Gasteiger partial charge in [-0.3, -0.25) is 0 Å². The first-order valence-corrected chi connectivity index (χ1v) is 15.0. The van der Waals surface area contributed by atoms with E-state index in [1.165, 1.54) is 128 Å². The van der Waals surface area contributed by atoms with E-state index in [0.29, 0.717) is 0 Å². The van der Waals surface area contributed by atoms with Crippen LogP contribution in [-0.2, 0) is 9.59 Å². The highest BCUT2D eigenvalue weighted by Gasteiger charge is 1.91. The van der Waals surface area contributed by atoms with E-state index >= 15 is 0 Å². The number of rotatable bonds is 26. The van der Waals surface area contributed by atoms with Gasteiger partial charge in [-0.25, -0.2) is 0 Å².